The number of para-hydroxylation sites is 1. The topological polar surface area (TPSA) is 79.8 Å². The minimum Gasteiger partial charge on any atom is -0.369 e. The molecule has 2 aromatic heterocycles. The van der Waals surface area contributed by atoms with Gasteiger partial charge in [0, 0.05) is 23.5 Å². The number of rotatable bonds is 8. The number of thiazole rings is 1. The monoisotopic (exact) mass is 421 g/mol. The van der Waals surface area contributed by atoms with Gasteiger partial charge < -0.3 is 10.6 Å². The molecule has 0 unspecified atom stereocenters. The van der Waals surface area contributed by atoms with Crippen molar-refractivity contribution in [1.82, 2.24) is 15.0 Å². The Bertz CT molecular complexity index is 1090. The zero-order valence-electron chi connectivity index (χ0n) is 15.5. The quantitative estimate of drug-likeness (QED) is 0.323. The van der Waals surface area contributed by atoms with Gasteiger partial charge in [-0.15, -0.1) is 11.3 Å². The van der Waals surface area contributed by atoms with Gasteiger partial charge in [-0.1, -0.05) is 54.2 Å². The second kappa shape index (κ2) is 9.49. The van der Waals surface area contributed by atoms with Crippen LogP contribution >= 0.6 is 23.1 Å². The maximum absolute atomic E-state index is 12.1. The molecule has 0 aliphatic rings. The van der Waals surface area contributed by atoms with E-state index in [-0.39, 0.29) is 11.7 Å². The number of nitrogens with one attached hydrogen (secondary N) is 2. The standard InChI is InChI=1S/C21H19N5OS2/c27-18(25-20-23-12-13-28-20)14-29-21-24-17-9-5-4-8-16(17)19(26-21)22-11-10-15-6-2-1-3-7-15/h1-9,12-13H,10-11,14H2,(H,22,24,26)(H,23,25,27). The Hall–Kier alpha value is -2.97. The fourth-order valence-electron chi connectivity index (χ4n) is 2.80. The van der Waals surface area contributed by atoms with E-state index in [0.717, 1.165) is 29.7 Å². The summed E-state index contributed by atoms with van der Waals surface area (Å²) in [6.45, 7) is 0.764. The van der Waals surface area contributed by atoms with Crippen molar-refractivity contribution in [2.75, 3.05) is 22.9 Å². The van der Waals surface area contributed by atoms with E-state index in [0.29, 0.717) is 10.3 Å². The molecule has 0 saturated carbocycles. The van der Waals surface area contributed by atoms with Crippen molar-refractivity contribution >= 4 is 50.9 Å². The molecule has 0 bridgehead atoms. The molecule has 8 heteroatoms. The van der Waals surface area contributed by atoms with Crippen LogP contribution in [-0.4, -0.2) is 33.2 Å². The Kier molecular flexibility index (Phi) is 6.33. The highest BCUT2D eigenvalue weighted by atomic mass is 32.2. The molecule has 0 spiro atoms. The lowest BCUT2D eigenvalue weighted by molar-refractivity contribution is -0.113. The van der Waals surface area contributed by atoms with E-state index >= 15 is 0 Å². The molecule has 0 fully saturated rings. The first-order valence-corrected chi connectivity index (χ1v) is 11.0. The molecule has 2 N–H and O–H groups in total. The zero-order valence-corrected chi connectivity index (χ0v) is 17.2. The van der Waals surface area contributed by atoms with Gasteiger partial charge >= 0.3 is 0 Å². The first-order valence-electron chi connectivity index (χ1n) is 9.15. The molecule has 29 heavy (non-hydrogen) atoms. The van der Waals surface area contributed by atoms with Gasteiger partial charge in [-0.2, -0.15) is 0 Å². The molecule has 2 heterocycles. The van der Waals surface area contributed by atoms with Crippen molar-refractivity contribution in [2.45, 2.75) is 11.6 Å². The van der Waals surface area contributed by atoms with Gasteiger partial charge in [0.15, 0.2) is 10.3 Å². The first-order chi connectivity index (χ1) is 14.3. The Labute approximate surface area is 176 Å². The van der Waals surface area contributed by atoms with Crippen molar-refractivity contribution in [2.24, 2.45) is 0 Å². The van der Waals surface area contributed by atoms with Crippen LogP contribution < -0.4 is 10.6 Å². The number of aromatic nitrogens is 3. The van der Waals surface area contributed by atoms with Crippen LogP contribution in [-0.2, 0) is 11.2 Å². The van der Waals surface area contributed by atoms with E-state index < -0.39 is 0 Å². The maximum atomic E-state index is 12.1. The van der Waals surface area contributed by atoms with E-state index in [9.17, 15) is 4.79 Å². The van der Waals surface area contributed by atoms with Crippen molar-refractivity contribution in [1.29, 1.82) is 0 Å². The molecule has 0 radical (unpaired) electrons. The summed E-state index contributed by atoms with van der Waals surface area (Å²) in [6, 6.07) is 18.2. The normalized spacial score (nSPS) is 10.8. The molecule has 0 atom stereocenters. The first kappa shape index (κ1) is 19.4. The van der Waals surface area contributed by atoms with Crippen molar-refractivity contribution in [3.05, 3.63) is 71.7 Å². The van der Waals surface area contributed by atoms with Gasteiger partial charge in [0.1, 0.15) is 5.82 Å². The minimum absolute atomic E-state index is 0.125. The van der Waals surface area contributed by atoms with E-state index in [1.54, 1.807) is 6.20 Å². The van der Waals surface area contributed by atoms with E-state index in [2.05, 4.69) is 37.7 Å². The molecule has 6 nitrogen and oxygen atoms in total. The third kappa shape index (κ3) is 5.30. The summed E-state index contributed by atoms with van der Waals surface area (Å²) >= 11 is 2.70. The molecular formula is C21H19N5OS2. The molecule has 0 saturated heterocycles. The molecule has 0 aliphatic heterocycles. The third-order valence-corrected chi connectivity index (χ3v) is 5.68. The highest BCUT2D eigenvalue weighted by molar-refractivity contribution is 7.99. The van der Waals surface area contributed by atoms with Gasteiger partial charge in [0.25, 0.3) is 0 Å². The fourth-order valence-corrected chi connectivity index (χ4v) is 3.99. The average Bonchev–Trinajstić information content (AvgIpc) is 3.26. The Balaban J connectivity index is 1.44. The number of amides is 1. The van der Waals surface area contributed by atoms with Gasteiger partial charge in [0.2, 0.25) is 5.91 Å². The van der Waals surface area contributed by atoms with Gasteiger partial charge in [0.05, 0.1) is 11.3 Å². The molecule has 1 amide bonds. The van der Waals surface area contributed by atoms with Crippen LogP contribution in [0.15, 0.2) is 71.3 Å². The second-order valence-electron chi connectivity index (χ2n) is 6.21. The van der Waals surface area contributed by atoms with E-state index in [4.69, 9.17) is 0 Å². The number of hydrogen-bond acceptors (Lipinski definition) is 7. The molecule has 2 aromatic carbocycles. The number of nitrogens with zero attached hydrogens (tertiary/aromatic N) is 3. The Morgan fingerprint density at radius 1 is 1.03 bits per heavy atom. The summed E-state index contributed by atoms with van der Waals surface area (Å²) in [7, 11) is 0. The van der Waals surface area contributed by atoms with E-state index in [1.165, 1.54) is 28.7 Å². The van der Waals surface area contributed by atoms with Crippen LogP contribution in [0, 0.1) is 0 Å². The van der Waals surface area contributed by atoms with Crippen LogP contribution in [0.4, 0.5) is 10.9 Å². The lowest BCUT2D eigenvalue weighted by atomic mass is 10.1. The van der Waals surface area contributed by atoms with Crippen LogP contribution in [0.3, 0.4) is 0 Å². The van der Waals surface area contributed by atoms with Gasteiger partial charge in [-0.05, 0) is 24.1 Å². The Morgan fingerprint density at radius 2 is 1.86 bits per heavy atom. The van der Waals surface area contributed by atoms with Crippen molar-refractivity contribution in [3.63, 3.8) is 0 Å². The zero-order chi connectivity index (χ0) is 19.9. The minimum atomic E-state index is -0.125. The lowest BCUT2D eigenvalue weighted by Gasteiger charge is -2.11. The summed E-state index contributed by atoms with van der Waals surface area (Å²) < 4.78 is 0. The smallest absolute Gasteiger partial charge is 0.236 e. The Morgan fingerprint density at radius 3 is 2.69 bits per heavy atom. The number of carbonyl (C=O) groups is 1. The predicted molar refractivity (Wildman–Crippen MR) is 120 cm³/mol. The summed E-state index contributed by atoms with van der Waals surface area (Å²) in [6.07, 6.45) is 2.56. The largest absolute Gasteiger partial charge is 0.369 e. The number of thioether (sulfide) groups is 1. The van der Waals surface area contributed by atoms with Crippen molar-refractivity contribution < 1.29 is 4.79 Å². The van der Waals surface area contributed by atoms with Crippen LogP contribution in [0.25, 0.3) is 10.9 Å². The number of hydrogen-bond donors (Lipinski definition) is 2. The highest BCUT2D eigenvalue weighted by Gasteiger charge is 2.11. The number of benzene rings is 2. The SMILES string of the molecule is O=C(CSc1nc(NCCc2ccccc2)c2ccccc2n1)Nc1nccs1. The summed E-state index contributed by atoms with van der Waals surface area (Å²) in [5.74, 6) is 0.885. The summed E-state index contributed by atoms with van der Waals surface area (Å²) in [4.78, 5) is 25.4. The van der Waals surface area contributed by atoms with Crippen LogP contribution in [0.2, 0.25) is 0 Å². The molecule has 4 aromatic rings. The summed E-state index contributed by atoms with van der Waals surface area (Å²) in [5, 5.41) is 10.2. The van der Waals surface area contributed by atoms with Crippen LogP contribution in [0.5, 0.6) is 0 Å². The van der Waals surface area contributed by atoms with Crippen molar-refractivity contribution in [3.8, 4) is 0 Å². The second-order valence-corrected chi connectivity index (χ2v) is 8.05. The highest BCUT2D eigenvalue weighted by Crippen LogP contribution is 2.24. The maximum Gasteiger partial charge on any atom is 0.236 e. The third-order valence-electron chi connectivity index (χ3n) is 4.14. The van der Waals surface area contributed by atoms with Crippen LogP contribution in [0.1, 0.15) is 5.56 Å². The molecule has 0 aliphatic carbocycles. The lowest BCUT2D eigenvalue weighted by Crippen LogP contribution is -2.14. The number of anilines is 2. The fraction of sp³-hybridized carbons (Fsp3) is 0.143. The number of fused-ring (bicyclic) bond motifs is 1. The van der Waals surface area contributed by atoms with Gasteiger partial charge in [-0.3, -0.25) is 4.79 Å². The average molecular weight is 422 g/mol. The summed E-state index contributed by atoms with van der Waals surface area (Å²) in [5.41, 5.74) is 2.12. The predicted octanol–water partition coefficient (Wildman–Crippen LogP) is 4.47. The van der Waals surface area contributed by atoms with E-state index in [1.807, 2.05) is 47.8 Å². The number of carbonyl (C=O) groups excluding carboxylic acids is 1. The van der Waals surface area contributed by atoms with Gasteiger partial charge in [-0.25, -0.2) is 15.0 Å². The molecule has 146 valence electrons. The molecular weight excluding hydrogens is 402 g/mol. The molecule has 4 rings (SSSR count).